The van der Waals surface area contributed by atoms with Gasteiger partial charge in [0.05, 0.1) is 7.11 Å². The van der Waals surface area contributed by atoms with E-state index < -0.39 is 11.6 Å². The molecule has 0 bridgehead atoms. The molecular formula is C16H14F2O2. The summed E-state index contributed by atoms with van der Waals surface area (Å²) in [6.45, 7) is 1.85. The van der Waals surface area contributed by atoms with E-state index in [-0.39, 0.29) is 17.8 Å². The first kappa shape index (κ1) is 14.2. The number of carbonyl (C=O) groups excluding carboxylic acids is 1. The van der Waals surface area contributed by atoms with Crippen LogP contribution in [0.1, 0.15) is 21.5 Å². The number of methoxy groups -OCH3 is 1. The third-order valence-electron chi connectivity index (χ3n) is 3.13. The molecule has 0 aliphatic rings. The van der Waals surface area contributed by atoms with E-state index in [0.717, 1.165) is 17.7 Å². The average molecular weight is 276 g/mol. The van der Waals surface area contributed by atoms with E-state index in [2.05, 4.69) is 0 Å². The highest BCUT2D eigenvalue weighted by molar-refractivity contribution is 5.98. The number of Topliss-reactive ketones (excluding diaryl/α,β-unsaturated/α-hetero) is 1. The Balaban J connectivity index is 2.29. The van der Waals surface area contributed by atoms with Crippen molar-refractivity contribution in [1.29, 1.82) is 0 Å². The van der Waals surface area contributed by atoms with E-state index in [1.807, 2.05) is 6.92 Å². The van der Waals surface area contributed by atoms with Gasteiger partial charge in [-0.05, 0) is 30.7 Å². The Morgan fingerprint density at radius 2 is 1.80 bits per heavy atom. The molecule has 2 nitrogen and oxygen atoms in total. The van der Waals surface area contributed by atoms with Crippen LogP contribution in [0.4, 0.5) is 8.78 Å². The van der Waals surface area contributed by atoms with Crippen LogP contribution in [-0.4, -0.2) is 12.9 Å². The molecule has 20 heavy (non-hydrogen) atoms. The summed E-state index contributed by atoms with van der Waals surface area (Å²) in [5, 5.41) is 0. The minimum Gasteiger partial charge on any atom is -0.496 e. The number of carbonyl (C=O) groups is 1. The Hall–Kier alpha value is -2.23. The summed E-state index contributed by atoms with van der Waals surface area (Å²) >= 11 is 0. The lowest BCUT2D eigenvalue weighted by Gasteiger charge is -2.08. The van der Waals surface area contributed by atoms with E-state index in [1.54, 1.807) is 18.2 Å². The second kappa shape index (κ2) is 5.82. The number of benzene rings is 2. The fourth-order valence-electron chi connectivity index (χ4n) is 1.96. The minimum atomic E-state index is -0.711. The zero-order valence-electron chi connectivity index (χ0n) is 11.2. The summed E-state index contributed by atoms with van der Waals surface area (Å²) in [5.41, 5.74) is 1.05. The predicted molar refractivity (Wildman–Crippen MR) is 72.1 cm³/mol. The summed E-state index contributed by atoms with van der Waals surface area (Å²) in [5.74, 6) is -1.20. The molecule has 0 aliphatic heterocycles. The molecule has 104 valence electrons. The van der Waals surface area contributed by atoms with Crippen LogP contribution < -0.4 is 4.74 Å². The molecule has 0 heterocycles. The Bertz CT molecular complexity index is 631. The fraction of sp³-hybridized carbons (Fsp3) is 0.188. The van der Waals surface area contributed by atoms with Crippen LogP contribution in [0.2, 0.25) is 0 Å². The van der Waals surface area contributed by atoms with E-state index in [1.165, 1.54) is 13.2 Å². The van der Waals surface area contributed by atoms with Gasteiger partial charge in [-0.15, -0.1) is 0 Å². The molecule has 0 atom stereocenters. The lowest BCUT2D eigenvalue weighted by atomic mass is 10.0. The van der Waals surface area contributed by atoms with Crippen LogP contribution in [0.5, 0.6) is 5.75 Å². The van der Waals surface area contributed by atoms with E-state index in [4.69, 9.17) is 4.74 Å². The molecule has 0 amide bonds. The van der Waals surface area contributed by atoms with Crippen molar-refractivity contribution >= 4 is 5.78 Å². The molecule has 0 unspecified atom stereocenters. The van der Waals surface area contributed by atoms with Gasteiger partial charge in [-0.3, -0.25) is 4.79 Å². The first-order chi connectivity index (χ1) is 9.52. The second-order valence-electron chi connectivity index (χ2n) is 4.48. The van der Waals surface area contributed by atoms with Crippen molar-refractivity contribution in [3.63, 3.8) is 0 Å². The largest absolute Gasteiger partial charge is 0.496 e. The standard InChI is InChI=1S/C16H14F2O2/c1-10-6-7-11(8-16(10)20-2)15(19)9-12-13(17)4-3-5-14(12)18/h3-8H,9H2,1-2H3. The van der Waals surface area contributed by atoms with Crippen molar-refractivity contribution in [2.24, 2.45) is 0 Å². The summed E-state index contributed by atoms with van der Waals surface area (Å²) in [4.78, 5) is 12.1. The number of aryl methyl sites for hydroxylation is 1. The summed E-state index contributed by atoms with van der Waals surface area (Å²) < 4.78 is 32.2. The molecular weight excluding hydrogens is 262 g/mol. The number of halogens is 2. The Morgan fingerprint density at radius 1 is 1.15 bits per heavy atom. The van der Waals surface area contributed by atoms with Gasteiger partial charge >= 0.3 is 0 Å². The molecule has 4 heteroatoms. The molecule has 0 radical (unpaired) electrons. The van der Waals surface area contributed by atoms with Gasteiger partial charge in [0.15, 0.2) is 5.78 Å². The number of rotatable bonds is 4. The lowest BCUT2D eigenvalue weighted by Crippen LogP contribution is -2.07. The molecule has 2 aromatic rings. The zero-order valence-corrected chi connectivity index (χ0v) is 11.2. The van der Waals surface area contributed by atoms with Crippen LogP contribution in [0, 0.1) is 18.6 Å². The van der Waals surface area contributed by atoms with E-state index >= 15 is 0 Å². The van der Waals surface area contributed by atoms with Gasteiger partial charge < -0.3 is 4.74 Å². The molecule has 0 saturated heterocycles. The molecule has 2 aromatic carbocycles. The molecule has 0 N–H and O–H groups in total. The number of ketones is 1. The second-order valence-corrected chi connectivity index (χ2v) is 4.48. The third-order valence-corrected chi connectivity index (χ3v) is 3.13. The molecule has 0 spiro atoms. The Morgan fingerprint density at radius 3 is 2.40 bits per heavy atom. The van der Waals surface area contributed by atoms with Crippen LogP contribution >= 0.6 is 0 Å². The predicted octanol–water partition coefficient (Wildman–Crippen LogP) is 3.71. The van der Waals surface area contributed by atoms with Gasteiger partial charge in [-0.25, -0.2) is 8.78 Å². The maximum atomic E-state index is 13.5. The lowest BCUT2D eigenvalue weighted by molar-refractivity contribution is 0.0990. The summed E-state index contributed by atoms with van der Waals surface area (Å²) in [6, 6.07) is 8.50. The first-order valence-corrected chi connectivity index (χ1v) is 6.13. The van der Waals surface area contributed by atoms with Crippen LogP contribution in [0.15, 0.2) is 36.4 Å². The fourth-order valence-corrected chi connectivity index (χ4v) is 1.96. The van der Waals surface area contributed by atoms with Gasteiger partial charge in [0.1, 0.15) is 17.4 Å². The van der Waals surface area contributed by atoms with E-state index in [0.29, 0.717) is 11.3 Å². The van der Waals surface area contributed by atoms with Crippen molar-refractivity contribution in [3.8, 4) is 5.75 Å². The SMILES string of the molecule is COc1cc(C(=O)Cc2c(F)cccc2F)ccc1C. The highest BCUT2D eigenvalue weighted by Gasteiger charge is 2.15. The van der Waals surface area contributed by atoms with Gasteiger partial charge in [-0.1, -0.05) is 18.2 Å². The molecule has 0 saturated carbocycles. The summed E-state index contributed by atoms with van der Waals surface area (Å²) in [6.07, 6.45) is -0.315. The first-order valence-electron chi connectivity index (χ1n) is 6.13. The maximum Gasteiger partial charge on any atom is 0.167 e. The van der Waals surface area contributed by atoms with Crippen molar-refractivity contribution in [1.82, 2.24) is 0 Å². The van der Waals surface area contributed by atoms with Gasteiger partial charge in [0.2, 0.25) is 0 Å². The highest BCUT2D eigenvalue weighted by Crippen LogP contribution is 2.21. The number of hydrogen-bond donors (Lipinski definition) is 0. The van der Waals surface area contributed by atoms with Crippen LogP contribution in [-0.2, 0) is 6.42 Å². The summed E-state index contributed by atoms with van der Waals surface area (Å²) in [7, 11) is 1.51. The van der Waals surface area contributed by atoms with Crippen molar-refractivity contribution in [2.75, 3.05) is 7.11 Å². The van der Waals surface area contributed by atoms with Gasteiger partial charge in [-0.2, -0.15) is 0 Å². The normalized spacial score (nSPS) is 10.4. The third kappa shape index (κ3) is 2.85. The Labute approximate surface area is 116 Å². The topological polar surface area (TPSA) is 26.3 Å². The van der Waals surface area contributed by atoms with Gasteiger partial charge in [0, 0.05) is 17.5 Å². The van der Waals surface area contributed by atoms with Crippen LogP contribution in [0.25, 0.3) is 0 Å². The van der Waals surface area contributed by atoms with Crippen molar-refractivity contribution in [3.05, 3.63) is 64.7 Å². The molecule has 0 fully saturated rings. The van der Waals surface area contributed by atoms with E-state index in [9.17, 15) is 13.6 Å². The minimum absolute atomic E-state index is 0.211. The highest BCUT2D eigenvalue weighted by atomic mass is 19.1. The Kier molecular flexibility index (Phi) is 4.13. The smallest absolute Gasteiger partial charge is 0.167 e. The van der Waals surface area contributed by atoms with Gasteiger partial charge in [0.25, 0.3) is 0 Å². The van der Waals surface area contributed by atoms with Crippen molar-refractivity contribution in [2.45, 2.75) is 13.3 Å². The maximum absolute atomic E-state index is 13.5. The monoisotopic (exact) mass is 276 g/mol. The molecule has 0 aliphatic carbocycles. The van der Waals surface area contributed by atoms with Crippen LogP contribution in [0.3, 0.4) is 0 Å². The van der Waals surface area contributed by atoms with Crippen molar-refractivity contribution < 1.29 is 18.3 Å². The molecule has 2 rings (SSSR count). The number of ether oxygens (including phenoxy) is 1. The zero-order chi connectivity index (χ0) is 14.7. The average Bonchev–Trinajstić information content (AvgIpc) is 2.43. The molecule has 0 aromatic heterocycles. The number of hydrogen-bond acceptors (Lipinski definition) is 2. The quantitative estimate of drug-likeness (QED) is 0.796.